The summed E-state index contributed by atoms with van der Waals surface area (Å²) >= 11 is 0. The molecule has 1 aromatic rings. The Balaban J connectivity index is 1.57. The van der Waals surface area contributed by atoms with Crippen molar-refractivity contribution in [2.24, 2.45) is 4.99 Å². The second-order valence-corrected chi connectivity index (χ2v) is 6.03. The molecule has 1 aliphatic heterocycles. The van der Waals surface area contributed by atoms with Crippen molar-refractivity contribution in [3.05, 3.63) is 18.0 Å². The smallest absolute Gasteiger partial charge is 0.191 e. The van der Waals surface area contributed by atoms with Gasteiger partial charge in [0.15, 0.2) is 5.96 Å². The van der Waals surface area contributed by atoms with Crippen LogP contribution in [0, 0.1) is 6.92 Å². The van der Waals surface area contributed by atoms with Gasteiger partial charge in [0.2, 0.25) is 0 Å². The van der Waals surface area contributed by atoms with Gasteiger partial charge in [0.25, 0.3) is 0 Å². The van der Waals surface area contributed by atoms with Crippen LogP contribution in [-0.4, -0.2) is 61.3 Å². The quantitative estimate of drug-likeness (QED) is 0.383. The van der Waals surface area contributed by atoms with E-state index in [1.165, 1.54) is 5.56 Å². The van der Waals surface area contributed by atoms with Gasteiger partial charge in [0.1, 0.15) is 0 Å². The molecule has 136 valence electrons. The fourth-order valence-corrected chi connectivity index (χ4v) is 2.57. The summed E-state index contributed by atoms with van der Waals surface area (Å²) in [5, 5.41) is 10.9. The third-order valence-electron chi connectivity index (χ3n) is 3.78. The van der Waals surface area contributed by atoms with Gasteiger partial charge in [-0.05, 0) is 38.7 Å². The lowest BCUT2D eigenvalue weighted by Crippen LogP contribution is -2.39. The molecule has 1 atom stereocenters. The van der Waals surface area contributed by atoms with Crippen molar-refractivity contribution in [3.8, 4) is 0 Å². The molecule has 0 amide bonds. The van der Waals surface area contributed by atoms with Gasteiger partial charge in [-0.2, -0.15) is 5.10 Å². The maximum atomic E-state index is 5.65. The Kier molecular flexibility index (Phi) is 8.62. The Hall–Kier alpha value is -1.60. The number of rotatable bonds is 10. The fraction of sp³-hybridized carbons (Fsp3) is 0.765. The highest BCUT2D eigenvalue weighted by molar-refractivity contribution is 5.79. The summed E-state index contributed by atoms with van der Waals surface area (Å²) in [6.45, 7) is 9.66. The summed E-state index contributed by atoms with van der Waals surface area (Å²) < 4.78 is 13.1. The molecular weight excluding hydrogens is 306 g/mol. The molecule has 0 aliphatic carbocycles. The molecule has 0 aromatic carbocycles. The number of aromatic nitrogens is 2. The average molecular weight is 337 g/mol. The van der Waals surface area contributed by atoms with E-state index in [1.54, 1.807) is 0 Å². The third kappa shape index (κ3) is 7.31. The van der Waals surface area contributed by atoms with Gasteiger partial charge in [0, 0.05) is 39.0 Å². The van der Waals surface area contributed by atoms with Gasteiger partial charge >= 0.3 is 0 Å². The van der Waals surface area contributed by atoms with Crippen molar-refractivity contribution in [1.82, 2.24) is 20.4 Å². The van der Waals surface area contributed by atoms with Crippen molar-refractivity contribution in [2.75, 3.05) is 39.5 Å². The molecule has 2 N–H and O–H groups in total. The number of nitrogens with zero attached hydrogens (tertiary/aromatic N) is 3. The summed E-state index contributed by atoms with van der Waals surface area (Å²) in [5.41, 5.74) is 1.18. The summed E-state index contributed by atoms with van der Waals surface area (Å²) in [7, 11) is 0. The normalized spacial score (nSPS) is 18.1. The Morgan fingerprint density at radius 2 is 2.42 bits per heavy atom. The minimum Gasteiger partial charge on any atom is -0.379 e. The van der Waals surface area contributed by atoms with Crippen LogP contribution in [-0.2, 0) is 16.0 Å². The van der Waals surface area contributed by atoms with Crippen LogP contribution in [0.5, 0.6) is 0 Å². The molecule has 7 heteroatoms. The van der Waals surface area contributed by atoms with Crippen molar-refractivity contribution in [3.63, 3.8) is 0 Å². The zero-order chi connectivity index (χ0) is 17.0. The SMILES string of the molecule is CCNC(=NCCCOCC1CCCO1)NCCn1cc(C)cn1. The van der Waals surface area contributed by atoms with Crippen molar-refractivity contribution < 1.29 is 9.47 Å². The highest BCUT2D eigenvalue weighted by Gasteiger charge is 2.14. The van der Waals surface area contributed by atoms with Crippen LogP contribution >= 0.6 is 0 Å². The molecule has 2 heterocycles. The van der Waals surface area contributed by atoms with Gasteiger partial charge < -0.3 is 20.1 Å². The van der Waals surface area contributed by atoms with Gasteiger partial charge in [0.05, 0.1) is 25.5 Å². The molecule has 0 bridgehead atoms. The Labute approximate surface area is 144 Å². The fourth-order valence-electron chi connectivity index (χ4n) is 2.57. The van der Waals surface area contributed by atoms with E-state index in [0.29, 0.717) is 12.7 Å². The number of nitrogens with one attached hydrogen (secondary N) is 2. The molecule has 1 aromatic heterocycles. The van der Waals surface area contributed by atoms with Gasteiger partial charge in [-0.15, -0.1) is 0 Å². The molecular formula is C17H31N5O2. The second kappa shape index (κ2) is 11.0. The first-order chi connectivity index (χ1) is 11.8. The first-order valence-corrected chi connectivity index (χ1v) is 8.98. The first kappa shape index (κ1) is 18.7. The number of guanidine groups is 1. The van der Waals surface area contributed by atoms with Crippen LogP contribution in [0.15, 0.2) is 17.4 Å². The summed E-state index contributed by atoms with van der Waals surface area (Å²) in [6, 6.07) is 0. The largest absolute Gasteiger partial charge is 0.379 e. The lowest BCUT2D eigenvalue weighted by molar-refractivity contribution is 0.0171. The summed E-state index contributed by atoms with van der Waals surface area (Å²) in [5.74, 6) is 0.848. The second-order valence-electron chi connectivity index (χ2n) is 6.03. The predicted octanol–water partition coefficient (Wildman–Crippen LogP) is 1.33. The molecule has 1 saturated heterocycles. The van der Waals surface area contributed by atoms with Crippen molar-refractivity contribution >= 4 is 5.96 Å². The minimum absolute atomic E-state index is 0.304. The van der Waals surface area contributed by atoms with Crippen LogP contribution in [0.4, 0.5) is 0 Å². The molecule has 1 fully saturated rings. The number of aryl methyl sites for hydroxylation is 1. The molecule has 1 aliphatic rings. The lowest BCUT2D eigenvalue weighted by atomic mass is 10.2. The van der Waals surface area contributed by atoms with Crippen molar-refractivity contribution in [1.29, 1.82) is 0 Å². The van der Waals surface area contributed by atoms with E-state index in [-0.39, 0.29) is 0 Å². The highest BCUT2D eigenvalue weighted by Crippen LogP contribution is 2.11. The Bertz CT molecular complexity index is 483. The number of aliphatic imine (C=N–C) groups is 1. The standard InChI is InChI=1S/C17H31N5O2/c1-3-18-17(20-8-9-22-13-15(2)12-21-22)19-7-5-10-23-14-16-6-4-11-24-16/h12-13,16H,3-11,14H2,1-2H3,(H2,18,19,20). The van der Waals surface area contributed by atoms with E-state index < -0.39 is 0 Å². The van der Waals surface area contributed by atoms with Crippen LogP contribution in [0.3, 0.4) is 0 Å². The summed E-state index contributed by atoms with van der Waals surface area (Å²) in [4.78, 5) is 4.57. The number of hydrogen-bond donors (Lipinski definition) is 2. The topological polar surface area (TPSA) is 72.7 Å². The van der Waals surface area contributed by atoms with E-state index in [0.717, 1.165) is 64.6 Å². The lowest BCUT2D eigenvalue weighted by Gasteiger charge is -2.12. The van der Waals surface area contributed by atoms with Crippen LogP contribution < -0.4 is 10.6 Å². The Morgan fingerprint density at radius 3 is 3.12 bits per heavy atom. The van der Waals surface area contributed by atoms with Gasteiger partial charge in [-0.25, -0.2) is 0 Å². The van der Waals surface area contributed by atoms with Crippen molar-refractivity contribution in [2.45, 2.75) is 45.8 Å². The van der Waals surface area contributed by atoms with Gasteiger partial charge in [-0.3, -0.25) is 9.67 Å². The maximum absolute atomic E-state index is 5.65. The molecule has 2 rings (SSSR count). The molecule has 0 spiro atoms. The average Bonchev–Trinajstić information content (AvgIpc) is 3.22. The summed E-state index contributed by atoms with van der Waals surface area (Å²) in [6.07, 6.45) is 7.42. The van der Waals surface area contributed by atoms with Crippen LogP contribution in [0.25, 0.3) is 0 Å². The monoisotopic (exact) mass is 337 g/mol. The minimum atomic E-state index is 0.304. The number of ether oxygens (including phenoxy) is 2. The van der Waals surface area contributed by atoms with E-state index in [4.69, 9.17) is 9.47 Å². The maximum Gasteiger partial charge on any atom is 0.191 e. The Morgan fingerprint density at radius 1 is 1.50 bits per heavy atom. The highest BCUT2D eigenvalue weighted by atomic mass is 16.5. The molecule has 1 unspecified atom stereocenters. The van der Waals surface area contributed by atoms with Crippen LogP contribution in [0.1, 0.15) is 31.7 Å². The molecule has 24 heavy (non-hydrogen) atoms. The third-order valence-corrected chi connectivity index (χ3v) is 3.78. The molecule has 0 radical (unpaired) electrons. The zero-order valence-electron chi connectivity index (χ0n) is 15.0. The van der Waals surface area contributed by atoms with E-state index in [2.05, 4.69) is 27.6 Å². The number of hydrogen-bond acceptors (Lipinski definition) is 4. The zero-order valence-corrected chi connectivity index (χ0v) is 15.0. The van der Waals surface area contributed by atoms with E-state index in [9.17, 15) is 0 Å². The first-order valence-electron chi connectivity index (χ1n) is 8.98. The van der Waals surface area contributed by atoms with E-state index in [1.807, 2.05) is 24.0 Å². The predicted molar refractivity (Wildman–Crippen MR) is 95.4 cm³/mol. The van der Waals surface area contributed by atoms with Gasteiger partial charge in [-0.1, -0.05) is 0 Å². The van der Waals surface area contributed by atoms with Crippen LogP contribution in [0.2, 0.25) is 0 Å². The van der Waals surface area contributed by atoms with E-state index >= 15 is 0 Å². The molecule has 7 nitrogen and oxygen atoms in total. The molecule has 0 saturated carbocycles.